The number of thiophene rings is 1. The number of aromatic amines is 1. The van der Waals surface area contributed by atoms with Crippen LogP contribution in [-0.4, -0.2) is 9.97 Å². The molecule has 2 aromatic heterocycles. The van der Waals surface area contributed by atoms with Crippen molar-refractivity contribution in [3.8, 4) is 10.7 Å². The maximum Gasteiger partial charge on any atom is 0.148 e. The summed E-state index contributed by atoms with van der Waals surface area (Å²) in [6, 6.07) is 6.55. The Bertz CT molecular complexity index is 715. The third-order valence-electron chi connectivity index (χ3n) is 3.32. The van der Waals surface area contributed by atoms with Gasteiger partial charge < -0.3 is 4.98 Å². The van der Waals surface area contributed by atoms with Crippen LogP contribution >= 0.6 is 11.3 Å². The van der Waals surface area contributed by atoms with Gasteiger partial charge in [0.1, 0.15) is 5.82 Å². The van der Waals surface area contributed by atoms with Crippen molar-refractivity contribution in [2.45, 2.75) is 27.7 Å². The van der Waals surface area contributed by atoms with E-state index in [1.54, 1.807) is 11.3 Å². The molecule has 2 nitrogen and oxygen atoms in total. The van der Waals surface area contributed by atoms with Gasteiger partial charge >= 0.3 is 0 Å². The van der Waals surface area contributed by atoms with Gasteiger partial charge in [-0.25, -0.2) is 4.98 Å². The van der Waals surface area contributed by atoms with Gasteiger partial charge in [-0.05, 0) is 56.5 Å². The molecule has 18 heavy (non-hydrogen) atoms. The summed E-state index contributed by atoms with van der Waals surface area (Å²) in [5.41, 5.74) is 6.06. The molecule has 0 saturated heterocycles. The van der Waals surface area contributed by atoms with Crippen LogP contribution in [0.3, 0.4) is 0 Å². The van der Waals surface area contributed by atoms with Crippen LogP contribution in [0, 0.1) is 27.7 Å². The molecule has 3 aromatic rings. The molecular weight excluding hydrogens is 240 g/mol. The van der Waals surface area contributed by atoms with Crippen LogP contribution in [0.5, 0.6) is 0 Å². The summed E-state index contributed by atoms with van der Waals surface area (Å²) in [5.74, 6) is 0.986. The van der Waals surface area contributed by atoms with Gasteiger partial charge in [0.15, 0.2) is 0 Å². The summed E-state index contributed by atoms with van der Waals surface area (Å²) in [7, 11) is 0. The van der Waals surface area contributed by atoms with Crippen molar-refractivity contribution in [3.63, 3.8) is 0 Å². The third-order valence-corrected chi connectivity index (χ3v) is 4.48. The number of hydrogen-bond donors (Lipinski definition) is 1. The summed E-state index contributed by atoms with van der Waals surface area (Å²) < 4.78 is 0. The molecule has 0 unspecified atom stereocenters. The number of nitrogens with zero attached hydrogens (tertiary/aromatic N) is 1. The lowest BCUT2D eigenvalue weighted by Gasteiger charge is -1.96. The van der Waals surface area contributed by atoms with Crippen LogP contribution in [0.4, 0.5) is 0 Å². The second-order valence-electron chi connectivity index (χ2n) is 4.91. The van der Waals surface area contributed by atoms with E-state index in [1.807, 2.05) is 0 Å². The minimum absolute atomic E-state index is 0.986. The molecular formula is C15H16N2S. The van der Waals surface area contributed by atoms with Crippen LogP contribution in [-0.2, 0) is 0 Å². The summed E-state index contributed by atoms with van der Waals surface area (Å²) in [6.45, 7) is 8.53. The van der Waals surface area contributed by atoms with E-state index in [0.29, 0.717) is 0 Å². The summed E-state index contributed by atoms with van der Waals surface area (Å²) in [4.78, 5) is 10.7. The van der Waals surface area contributed by atoms with Crippen molar-refractivity contribution in [3.05, 3.63) is 39.8 Å². The van der Waals surface area contributed by atoms with Crippen LogP contribution in [0.2, 0.25) is 0 Å². The van der Waals surface area contributed by atoms with Gasteiger partial charge in [-0.15, -0.1) is 11.3 Å². The van der Waals surface area contributed by atoms with Gasteiger partial charge in [-0.2, -0.15) is 0 Å². The number of nitrogens with one attached hydrogen (secondary N) is 1. The minimum Gasteiger partial charge on any atom is -0.337 e. The molecule has 2 heterocycles. The highest BCUT2D eigenvalue weighted by atomic mass is 32.1. The molecule has 3 heteroatoms. The third kappa shape index (κ3) is 1.75. The fraction of sp³-hybridized carbons (Fsp3) is 0.267. The van der Waals surface area contributed by atoms with Crippen molar-refractivity contribution in [1.82, 2.24) is 9.97 Å². The fourth-order valence-electron chi connectivity index (χ4n) is 2.28. The minimum atomic E-state index is 0.986. The largest absolute Gasteiger partial charge is 0.337 e. The lowest BCUT2D eigenvalue weighted by Crippen LogP contribution is -1.79. The SMILES string of the molecule is Cc1cc(C)c2nc(-c3cc(C)c(C)s3)[nH]c2c1. The monoisotopic (exact) mass is 256 g/mol. The number of imidazole rings is 1. The Morgan fingerprint density at radius 3 is 2.44 bits per heavy atom. The van der Waals surface area contributed by atoms with Crippen LogP contribution in [0.25, 0.3) is 21.7 Å². The van der Waals surface area contributed by atoms with E-state index in [9.17, 15) is 0 Å². The fourth-order valence-corrected chi connectivity index (χ4v) is 3.26. The van der Waals surface area contributed by atoms with E-state index in [4.69, 9.17) is 4.98 Å². The zero-order valence-corrected chi connectivity index (χ0v) is 11.9. The van der Waals surface area contributed by atoms with Gasteiger partial charge in [-0.3, -0.25) is 0 Å². The number of hydrogen-bond acceptors (Lipinski definition) is 2. The van der Waals surface area contributed by atoms with E-state index < -0.39 is 0 Å². The number of fused-ring (bicyclic) bond motifs is 1. The highest BCUT2D eigenvalue weighted by molar-refractivity contribution is 7.15. The first-order valence-corrected chi connectivity index (χ1v) is 6.90. The molecule has 0 atom stereocenters. The van der Waals surface area contributed by atoms with Crippen molar-refractivity contribution >= 4 is 22.4 Å². The topological polar surface area (TPSA) is 28.7 Å². The van der Waals surface area contributed by atoms with E-state index in [2.05, 4.69) is 50.9 Å². The molecule has 0 spiro atoms. The zero-order chi connectivity index (χ0) is 12.9. The number of benzene rings is 1. The molecule has 0 aliphatic carbocycles. The molecule has 0 bridgehead atoms. The highest BCUT2D eigenvalue weighted by Crippen LogP contribution is 2.31. The number of rotatable bonds is 1. The Morgan fingerprint density at radius 1 is 1.00 bits per heavy atom. The van der Waals surface area contributed by atoms with Crippen molar-refractivity contribution in [2.24, 2.45) is 0 Å². The molecule has 1 aromatic carbocycles. The van der Waals surface area contributed by atoms with Gasteiger partial charge in [0.2, 0.25) is 0 Å². The average Bonchev–Trinajstić information content (AvgIpc) is 2.84. The predicted octanol–water partition coefficient (Wildman–Crippen LogP) is 4.53. The van der Waals surface area contributed by atoms with Gasteiger partial charge in [0.05, 0.1) is 15.9 Å². The maximum absolute atomic E-state index is 4.73. The van der Waals surface area contributed by atoms with Gasteiger partial charge in [0.25, 0.3) is 0 Å². The molecule has 0 aliphatic heterocycles. The summed E-state index contributed by atoms with van der Waals surface area (Å²) in [5, 5.41) is 0. The molecule has 0 radical (unpaired) electrons. The Labute approximate surface area is 111 Å². The van der Waals surface area contributed by atoms with Crippen molar-refractivity contribution < 1.29 is 0 Å². The summed E-state index contributed by atoms with van der Waals surface area (Å²) in [6.07, 6.45) is 0. The first-order valence-electron chi connectivity index (χ1n) is 6.09. The molecule has 3 rings (SSSR count). The molecule has 1 N–H and O–H groups in total. The summed E-state index contributed by atoms with van der Waals surface area (Å²) >= 11 is 1.80. The molecule has 0 fully saturated rings. The molecule has 0 aliphatic rings. The lowest BCUT2D eigenvalue weighted by molar-refractivity contribution is 1.34. The number of aromatic nitrogens is 2. The maximum atomic E-state index is 4.73. The smallest absolute Gasteiger partial charge is 0.148 e. The zero-order valence-electron chi connectivity index (χ0n) is 11.1. The van der Waals surface area contributed by atoms with E-state index in [-0.39, 0.29) is 0 Å². The Kier molecular flexibility index (Phi) is 2.52. The van der Waals surface area contributed by atoms with E-state index in [1.165, 1.54) is 26.4 Å². The van der Waals surface area contributed by atoms with E-state index in [0.717, 1.165) is 16.9 Å². The van der Waals surface area contributed by atoms with Crippen LogP contribution in [0.1, 0.15) is 21.6 Å². The molecule has 92 valence electrons. The molecule has 0 saturated carbocycles. The quantitative estimate of drug-likeness (QED) is 0.681. The van der Waals surface area contributed by atoms with E-state index >= 15 is 0 Å². The second kappa shape index (κ2) is 3.95. The second-order valence-corrected chi connectivity index (χ2v) is 6.17. The Hall–Kier alpha value is -1.61. The first-order chi connectivity index (χ1) is 8.54. The first kappa shape index (κ1) is 11.5. The highest BCUT2D eigenvalue weighted by Gasteiger charge is 2.10. The lowest BCUT2D eigenvalue weighted by atomic mass is 10.1. The Morgan fingerprint density at radius 2 is 1.78 bits per heavy atom. The molecule has 0 amide bonds. The van der Waals surface area contributed by atoms with Crippen molar-refractivity contribution in [2.75, 3.05) is 0 Å². The Balaban J connectivity index is 2.22. The van der Waals surface area contributed by atoms with Crippen LogP contribution in [0.15, 0.2) is 18.2 Å². The van der Waals surface area contributed by atoms with Gasteiger partial charge in [-0.1, -0.05) is 6.07 Å². The average molecular weight is 256 g/mol. The number of H-pyrrole nitrogens is 1. The van der Waals surface area contributed by atoms with Crippen LogP contribution < -0.4 is 0 Å². The standard InChI is InChI=1S/C15H16N2S/c1-8-5-10(3)14-12(6-8)16-15(17-14)13-7-9(2)11(4)18-13/h5-7H,1-4H3,(H,16,17). The predicted molar refractivity (Wildman–Crippen MR) is 78.4 cm³/mol. The normalized spacial score (nSPS) is 11.3. The van der Waals surface area contributed by atoms with Gasteiger partial charge in [0, 0.05) is 4.88 Å². The number of aryl methyl sites for hydroxylation is 4. The van der Waals surface area contributed by atoms with Crippen molar-refractivity contribution in [1.29, 1.82) is 0 Å².